The highest BCUT2D eigenvalue weighted by atomic mass is 79.9. The topological polar surface area (TPSA) is 27.6 Å². The summed E-state index contributed by atoms with van der Waals surface area (Å²) in [6.45, 7) is 0.922. The fraction of sp³-hybridized carbons (Fsp3) is 0.217. The lowest BCUT2D eigenvalue weighted by molar-refractivity contribution is -0.392. The molecule has 3 aromatic rings. The Labute approximate surface area is 161 Å². The van der Waals surface area contributed by atoms with Crippen molar-refractivity contribution in [3.63, 3.8) is 0 Å². The van der Waals surface area contributed by atoms with Crippen LogP contribution in [0.5, 0.6) is 0 Å². The van der Waals surface area contributed by atoms with E-state index in [-0.39, 0.29) is 22.4 Å². The van der Waals surface area contributed by atoms with Crippen molar-refractivity contribution in [3.05, 3.63) is 108 Å². The summed E-state index contributed by atoms with van der Waals surface area (Å²) in [5.41, 5.74) is 8.68. The molecule has 0 fully saturated rings. The van der Waals surface area contributed by atoms with Crippen molar-refractivity contribution in [3.8, 4) is 0 Å². The quantitative estimate of drug-likeness (QED) is 0.616. The van der Waals surface area contributed by atoms with Gasteiger partial charge in [0.1, 0.15) is 0 Å². The van der Waals surface area contributed by atoms with E-state index in [0.29, 0.717) is 0 Å². The van der Waals surface area contributed by atoms with E-state index < -0.39 is 0 Å². The van der Waals surface area contributed by atoms with E-state index in [1.165, 1.54) is 16.7 Å². The molecule has 3 N–H and O–H groups in total. The third-order valence-corrected chi connectivity index (χ3v) is 4.80. The highest BCUT2D eigenvalue weighted by Gasteiger charge is 2.32. The third kappa shape index (κ3) is 5.55. The molecule has 130 valence electrons. The van der Waals surface area contributed by atoms with E-state index in [1.807, 2.05) is 0 Å². The van der Waals surface area contributed by atoms with Crippen LogP contribution in [0.4, 0.5) is 0 Å². The van der Waals surface area contributed by atoms with Crippen LogP contribution in [0.2, 0.25) is 0 Å². The van der Waals surface area contributed by atoms with Crippen molar-refractivity contribution in [1.82, 2.24) is 0 Å². The van der Waals surface area contributed by atoms with Gasteiger partial charge in [0.2, 0.25) is 0 Å². The predicted molar refractivity (Wildman–Crippen MR) is 101 cm³/mol. The highest BCUT2D eigenvalue weighted by Crippen LogP contribution is 2.31. The molecular weight excluding hydrogens is 370 g/mol. The number of hydrogen-bond donors (Lipinski definition) is 1. The summed E-state index contributed by atoms with van der Waals surface area (Å²) in [5, 5.41) is 0. The maximum atomic E-state index is 4.35. The second-order valence-corrected chi connectivity index (χ2v) is 6.74. The van der Waals surface area contributed by atoms with E-state index >= 15 is 0 Å². The summed E-state index contributed by atoms with van der Waals surface area (Å²) in [5.74, 6) is 0. The van der Waals surface area contributed by atoms with Gasteiger partial charge in [0.25, 0.3) is 0 Å². The molecule has 3 aromatic carbocycles. The van der Waals surface area contributed by atoms with Crippen LogP contribution in [0.3, 0.4) is 0 Å². The zero-order valence-electron chi connectivity index (χ0n) is 14.6. The van der Waals surface area contributed by atoms with Gasteiger partial charge >= 0.3 is 0 Å². The van der Waals surface area contributed by atoms with Gasteiger partial charge in [-0.05, 0) is 36.0 Å². The van der Waals surface area contributed by atoms with E-state index in [2.05, 4.69) is 96.7 Å². The molecule has 0 aromatic heterocycles. The predicted octanol–water partition coefficient (Wildman–Crippen LogP) is 0.947. The van der Waals surface area contributed by atoms with Gasteiger partial charge in [0, 0.05) is 5.41 Å². The maximum absolute atomic E-state index is 4.35. The Bertz CT molecular complexity index is 624. The summed E-state index contributed by atoms with van der Waals surface area (Å²) in [7, 11) is 0. The van der Waals surface area contributed by atoms with E-state index in [0.717, 1.165) is 25.8 Å². The van der Waals surface area contributed by atoms with Crippen LogP contribution in [-0.4, -0.2) is 6.54 Å². The van der Waals surface area contributed by atoms with Gasteiger partial charge in [-0.3, -0.25) is 0 Å². The summed E-state index contributed by atoms with van der Waals surface area (Å²) in [6.07, 6.45) is 3.17. The average Bonchev–Trinajstić information content (AvgIpc) is 2.64. The van der Waals surface area contributed by atoms with Crippen LogP contribution in [0, 0.1) is 5.41 Å². The summed E-state index contributed by atoms with van der Waals surface area (Å²) < 4.78 is 0. The molecule has 25 heavy (non-hydrogen) atoms. The second kappa shape index (κ2) is 9.55. The minimum absolute atomic E-state index is 0. The van der Waals surface area contributed by atoms with Gasteiger partial charge < -0.3 is 22.7 Å². The van der Waals surface area contributed by atoms with Crippen LogP contribution >= 0.6 is 0 Å². The molecule has 0 spiro atoms. The summed E-state index contributed by atoms with van der Waals surface area (Å²) >= 11 is 0. The first kappa shape index (κ1) is 19.4. The Kier molecular flexibility index (Phi) is 7.42. The lowest BCUT2D eigenvalue weighted by Gasteiger charge is -2.31. The first-order valence-corrected chi connectivity index (χ1v) is 8.71. The first-order valence-electron chi connectivity index (χ1n) is 8.71. The second-order valence-electron chi connectivity index (χ2n) is 6.74. The zero-order valence-corrected chi connectivity index (χ0v) is 16.2. The molecule has 0 aliphatic carbocycles. The number of quaternary nitrogens is 1. The molecule has 0 heterocycles. The van der Waals surface area contributed by atoms with Crippen molar-refractivity contribution in [1.29, 1.82) is 0 Å². The standard InChI is InChI=1S/C23H25N.BrH/c24-19-23(16-20-10-4-1-5-11-20,17-21-12-6-2-7-13-21)18-22-14-8-3-9-15-22;/h1-15H,16-19,24H2;1H. The van der Waals surface area contributed by atoms with Crippen LogP contribution in [0.1, 0.15) is 16.7 Å². The Hall–Kier alpha value is -1.90. The summed E-state index contributed by atoms with van der Waals surface area (Å²) in [4.78, 5) is 0. The normalized spacial score (nSPS) is 10.9. The van der Waals surface area contributed by atoms with Gasteiger partial charge in [0.15, 0.2) is 0 Å². The van der Waals surface area contributed by atoms with Crippen molar-refractivity contribution >= 4 is 0 Å². The Morgan fingerprint density at radius 1 is 0.520 bits per heavy atom. The van der Waals surface area contributed by atoms with Crippen molar-refractivity contribution in [2.24, 2.45) is 5.41 Å². The Morgan fingerprint density at radius 3 is 1.04 bits per heavy atom. The molecule has 0 aliphatic rings. The van der Waals surface area contributed by atoms with Crippen LogP contribution in [0.25, 0.3) is 0 Å². The minimum Gasteiger partial charge on any atom is -1.00 e. The van der Waals surface area contributed by atoms with Gasteiger partial charge in [0.05, 0.1) is 6.54 Å². The molecule has 0 unspecified atom stereocenters. The zero-order chi connectivity index (χ0) is 16.7. The Morgan fingerprint density at radius 2 is 0.800 bits per heavy atom. The van der Waals surface area contributed by atoms with E-state index in [4.69, 9.17) is 0 Å². The highest BCUT2D eigenvalue weighted by molar-refractivity contribution is 5.24. The largest absolute Gasteiger partial charge is 1.00 e. The average molecular weight is 396 g/mol. The number of hydrogen-bond acceptors (Lipinski definition) is 0. The SMILES string of the molecule is [Br-].[NH3+]CC(Cc1ccccc1)(Cc1ccccc1)Cc1ccccc1. The minimum atomic E-state index is 0. The third-order valence-electron chi connectivity index (χ3n) is 4.80. The molecule has 0 atom stereocenters. The lowest BCUT2D eigenvalue weighted by atomic mass is 9.72. The monoisotopic (exact) mass is 395 g/mol. The molecule has 1 nitrogen and oxygen atoms in total. The molecule has 0 bridgehead atoms. The molecule has 3 rings (SSSR count). The molecule has 0 saturated carbocycles. The van der Waals surface area contributed by atoms with Gasteiger partial charge in [-0.25, -0.2) is 0 Å². The molecule has 2 heteroatoms. The van der Waals surface area contributed by atoms with Crippen molar-refractivity contribution < 1.29 is 22.7 Å². The van der Waals surface area contributed by atoms with Gasteiger partial charge in [-0.2, -0.15) is 0 Å². The maximum Gasteiger partial charge on any atom is 0.0806 e. The van der Waals surface area contributed by atoms with Crippen molar-refractivity contribution in [2.75, 3.05) is 6.54 Å². The number of rotatable bonds is 7. The first-order chi connectivity index (χ1) is 11.8. The van der Waals surface area contributed by atoms with Gasteiger partial charge in [-0.1, -0.05) is 91.0 Å². The Balaban J connectivity index is 0.00000225. The van der Waals surface area contributed by atoms with Crippen LogP contribution < -0.4 is 22.7 Å². The smallest absolute Gasteiger partial charge is 0.0806 e. The number of benzene rings is 3. The van der Waals surface area contributed by atoms with Crippen LogP contribution in [0.15, 0.2) is 91.0 Å². The van der Waals surface area contributed by atoms with Crippen LogP contribution in [-0.2, 0) is 19.3 Å². The molecular formula is C23H26BrN. The van der Waals surface area contributed by atoms with Crippen molar-refractivity contribution in [2.45, 2.75) is 19.3 Å². The molecule has 0 saturated heterocycles. The van der Waals surface area contributed by atoms with Gasteiger partial charge in [-0.15, -0.1) is 0 Å². The number of halogens is 1. The molecule has 0 radical (unpaired) electrons. The fourth-order valence-corrected chi connectivity index (χ4v) is 3.54. The summed E-state index contributed by atoms with van der Waals surface area (Å²) in [6, 6.07) is 32.5. The molecule has 0 amide bonds. The lowest BCUT2D eigenvalue weighted by Crippen LogP contribution is -3.00. The molecule has 0 aliphatic heterocycles. The fourth-order valence-electron chi connectivity index (χ4n) is 3.54. The van der Waals surface area contributed by atoms with E-state index in [1.54, 1.807) is 0 Å². The van der Waals surface area contributed by atoms with E-state index in [9.17, 15) is 0 Å².